The maximum Gasteiger partial charge on any atom is 0.416 e. The first-order valence-electron chi connectivity index (χ1n) is 8.60. The molecule has 5 nitrogen and oxygen atoms in total. The molecular formula is C20H16F4O5S. The van der Waals surface area contributed by atoms with Crippen LogP contribution in [0.25, 0.3) is 0 Å². The summed E-state index contributed by atoms with van der Waals surface area (Å²) in [4.78, 5) is 24.0. The molecule has 1 unspecified atom stereocenters. The second-order valence-corrected chi connectivity index (χ2v) is 7.28. The molecule has 160 valence electrons. The van der Waals surface area contributed by atoms with Gasteiger partial charge in [0, 0.05) is 17.2 Å². The highest BCUT2D eigenvalue weighted by Crippen LogP contribution is 2.40. The van der Waals surface area contributed by atoms with Crippen LogP contribution in [-0.2, 0) is 22.4 Å². The first kappa shape index (κ1) is 21.9. The van der Waals surface area contributed by atoms with E-state index in [2.05, 4.69) is 0 Å². The van der Waals surface area contributed by atoms with Crippen molar-refractivity contribution >= 4 is 22.7 Å². The predicted octanol–water partition coefficient (Wildman–Crippen LogP) is 4.37. The molecule has 0 amide bonds. The van der Waals surface area contributed by atoms with E-state index in [1.165, 1.54) is 26.4 Å². The van der Waals surface area contributed by atoms with E-state index in [0.717, 1.165) is 30.0 Å². The quantitative estimate of drug-likeness (QED) is 0.487. The van der Waals surface area contributed by atoms with Crippen molar-refractivity contribution in [3.63, 3.8) is 0 Å². The summed E-state index contributed by atoms with van der Waals surface area (Å²) >= 11 is 0.784. The van der Waals surface area contributed by atoms with Crippen LogP contribution in [0.1, 0.15) is 22.6 Å². The average molecular weight is 444 g/mol. The molecule has 0 N–H and O–H groups in total. The molecule has 1 aliphatic rings. The molecule has 0 radical (unpaired) electrons. The Balaban J connectivity index is 1.99. The summed E-state index contributed by atoms with van der Waals surface area (Å²) in [6, 6.07) is 5.50. The number of carbonyl (C=O) groups is 2. The number of halogens is 4. The molecular weight excluding hydrogens is 428 g/mol. The Bertz CT molecular complexity index is 974. The molecule has 0 aromatic heterocycles. The third kappa shape index (κ3) is 4.23. The lowest BCUT2D eigenvalue weighted by molar-refractivity contribution is -0.138. The summed E-state index contributed by atoms with van der Waals surface area (Å²) < 4.78 is 70.2. The lowest BCUT2D eigenvalue weighted by atomic mass is 9.96. The van der Waals surface area contributed by atoms with E-state index in [9.17, 15) is 27.2 Å². The average Bonchev–Trinajstić information content (AvgIpc) is 3.03. The molecule has 0 spiro atoms. The Morgan fingerprint density at radius 1 is 1.07 bits per heavy atom. The number of hydrogen-bond acceptors (Lipinski definition) is 6. The van der Waals surface area contributed by atoms with E-state index in [0.29, 0.717) is 0 Å². The van der Waals surface area contributed by atoms with Gasteiger partial charge in [-0.1, -0.05) is 17.8 Å². The Morgan fingerprint density at radius 2 is 1.77 bits per heavy atom. The standard InChI is InChI=1S/C20H16F4O5S/c1-27-15-5-3-4-12(20(22,23)24)11(15)8-29-17-6-10(13(21)7-16(17)28-2)18-14(25)9-30-19(18)26/h3-7,18H,8-9H2,1-2H3. The Hall–Kier alpha value is -2.75. The van der Waals surface area contributed by atoms with Gasteiger partial charge >= 0.3 is 6.18 Å². The normalized spacial score (nSPS) is 16.7. The summed E-state index contributed by atoms with van der Waals surface area (Å²) in [7, 11) is 2.46. The minimum atomic E-state index is -4.65. The fraction of sp³-hybridized carbons (Fsp3) is 0.300. The third-order valence-electron chi connectivity index (χ3n) is 4.54. The number of ketones is 1. The molecule has 2 aromatic carbocycles. The summed E-state index contributed by atoms with van der Waals surface area (Å²) in [6.45, 7) is -0.568. The maximum absolute atomic E-state index is 14.5. The molecule has 1 atom stereocenters. The second-order valence-electron chi connectivity index (χ2n) is 6.30. The monoisotopic (exact) mass is 444 g/mol. The van der Waals surface area contributed by atoms with Crippen molar-refractivity contribution in [3.05, 3.63) is 52.8 Å². The van der Waals surface area contributed by atoms with Gasteiger partial charge in [-0.25, -0.2) is 4.39 Å². The van der Waals surface area contributed by atoms with Gasteiger partial charge in [-0.2, -0.15) is 13.2 Å². The highest BCUT2D eigenvalue weighted by atomic mass is 32.2. The number of alkyl halides is 3. The van der Waals surface area contributed by atoms with Gasteiger partial charge in [-0.15, -0.1) is 0 Å². The second kappa shape index (κ2) is 8.55. The number of Topliss-reactive ketones (excluding diaryl/α,β-unsaturated/α-hetero) is 1. The van der Waals surface area contributed by atoms with Gasteiger partial charge in [-0.05, 0) is 18.2 Å². The van der Waals surface area contributed by atoms with E-state index in [-0.39, 0.29) is 34.1 Å². The van der Waals surface area contributed by atoms with Crippen LogP contribution in [0.5, 0.6) is 17.2 Å². The van der Waals surface area contributed by atoms with Crippen LogP contribution in [0.15, 0.2) is 30.3 Å². The van der Waals surface area contributed by atoms with Crippen molar-refractivity contribution in [1.82, 2.24) is 0 Å². The first-order valence-corrected chi connectivity index (χ1v) is 9.58. The summed E-state index contributed by atoms with van der Waals surface area (Å²) in [5, 5.41) is -0.501. The number of ether oxygens (including phenoxy) is 3. The van der Waals surface area contributed by atoms with Gasteiger partial charge in [0.1, 0.15) is 24.1 Å². The van der Waals surface area contributed by atoms with E-state index in [1.54, 1.807) is 0 Å². The molecule has 1 saturated heterocycles. The molecule has 30 heavy (non-hydrogen) atoms. The van der Waals surface area contributed by atoms with Crippen molar-refractivity contribution in [2.75, 3.05) is 20.0 Å². The summed E-state index contributed by atoms with van der Waals surface area (Å²) in [5.41, 5.74) is -1.41. The number of carbonyl (C=O) groups excluding carboxylic acids is 2. The van der Waals surface area contributed by atoms with E-state index >= 15 is 0 Å². The van der Waals surface area contributed by atoms with Crippen molar-refractivity contribution in [3.8, 4) is 17.2 Å². The molecule has 0 bridgehead atoms. The zero-order chi connectivity index (χ0) is 22.1. The SMILES string of the molecule is COc1cc(F)c(C2C(=O)CSC2=O)cc1OCc1c(OC)cccc1C(F)(F)F. The molecule has 0 saturated carbocycles. The van der Waals surface area contributed by atoms with Crippen molar-refractivity contribution < 1.29 is 41.4 Å². The number of methoxy groups -OCH3 is 2. The van der Waals surface area contributed by atoms with Gasteiger partial charge in [-0.3, -0.25) is 9.59 Å². The van der Waals surface area contributed by atoms with Gasteiger partial charge in [0.25, 0.3) is 0 Å². The minimum Gasteiger partial charge on any atom is -0.496 e. The van der Waals surface area contributed by atoms with Crippen LogP contribution < -0.4 is 14.2 Å². The van der Waals surface area contributed by atoms with Crippen molar-refractivity contribution in [1.29, 1.82) is 0 Å². The van der Waals surface area contributed by atoms with Crippen LogP contribution in [0.3, 0.4) is 0 Å². The van der Waals surface area contributed by atoms with E-state index in [1.807, 2.05) is 0 Å². The molecule has 1 aliphatic heterocycles. The van der Waals surface area contributed by atoms with Crippen LogP contribution in [0.2, 0.25) is 0 Å². The molecule has 0 aliphatic carbocycles. The topological polar surface area (TPSA) is 61.8 Å². The Kier molecular flexibility index (Phi) is 6.25. The van der Waals surface area contributed by atoms with E-state index < -0.39 is 41.0 Å². The fourth-order valence-electron chi connectivity index (χ4n) is 3.11. The number of thioether (sulfide) groups is 1. The summed E-state index contributed by atoms with van der Waals surface area (Å²) in [6.07, 6.45) is -4.65. The number of rotatable bonds is 6. The van der Waals surface area contributed by atoms with Gasteiger partial charge < -0.3 is 14.2 Å². The number of hydrogen-bond donors (Lipinski definition) is 0. The van der Waals surface area contributed by atoms with Crippen LogP contribution in [0, 0.1) is 5.82 Å². The van der Waals surface area contributed by atoms with Gasteiger partial charge in [0.15, 0.2) is 17.3 Å². The highest BCUT2D eigenvalue weighted by molar-refractivity contribution is 8.15. The van der Waals surface area contributed by atoms with Crippen molar-refractivity contribution in [2.24, 2.45) is 0 Å². The molecule has 1 fully saturated rings. The van der Waals surface area contributed by atoms with Crippen LogP contribution in [-0.4, -0.2) is 30.9 Å². The molecule has 1 heterocycles. The highest BCUT2D eigenvalue weighted by Gasteiger charge is 2.38. The zero-order valence-electron chi connectivity index (χ0n) is 15.8. The predicted molar refractivity (Wildman–Crippen MR) is 100 cm³/mol. The summed E-state index contributed by atoms with van der Waals surface area (Å²) in [5.74, 6) is -2.90. The van der Waals surface area contributed by atoms with Gasteiger partial charge in [0.05, 0.1) is 25.5 Å². The molecule has 10 heteroatoms. The zero-order valence-corrected chi connectivity index (χ0v) is 16.7. The Labute approximate surface area is 173 Å². The largest absolute Gasteiger partial charge is 0.496 e. The van der Waals surface area contributed by atoms with Gasteiger partial charge in [0.2, 0.25) is 5.12 Å². The molecule has 3 rings (SSSR count). The fourth-order valence-corrected chi connectivity index (χ4v) is 3.98. The van der Waals surface area contributed by atoms with Crippen LogP contribution >= 0.6 is 11.8 Å². The maximum atomic E-state index is 14.5. The smallest absolute Gasteiger partial charge is 0.416 e. The lowest BCUT2D eigenvalue weighted by Gasteiger charge is -2.18. The molecule has 2 aromatic rings. The lowest BCUT2D eigenvalue weighted by Crippen LogP contribution is -2.15. The first-order chi connectivity index (χ1) is 14.2. The third-order valence-corrected chi connectivity index (χ3v) is 5.49. The Morgan fingerprint density at radius 3 is 2.33 bits per heavy atom. The van der Waals surface area contributed by atoms with Crippen LogP contribution in [0.4, 0.5) is 17.6 Å². The number of benzene rings is 2. The minimum absolute atomic E-state index is 0.0383. The van der Waals surface area contributed by atoms with Crippen molar-refractivity contribution in [2.45, 2.75) is 18.7 Å². The van der Waals surface area contributed by atoms with E-state index in [4.69, 9.17) is 14.2 Å².